The van der Waals surface area contributed by atoms with Crippen molar-refractivity contribution in [2.75, 3.05) is 0 Å². The molecule has 0 aromatic heterocycles. The van der Waals surface area contributed by atoms with Crippen LogP contribution in [0.3, 0.4) is 0 Å². The van der Waals surface area contributed by atoms with Crippen molar-refractivity contribution >= 4 is 12.0 Å². The van der Waals surface area contributed by atoms with E-state index in [0.717, 1.165) is 5.56 Å². The zero-order valence-electron chi connectivity index (χ0n) is 15.4. The van der Waals surface area contributed by atoms with Gasteiger partial charge in [-0.2, -0.15) is 0 Å². The number of ether oxygens (including phenoxy) is 1. The van der Waals surface area contributed by atoms with Gasteiger partial charge in [0.15, 0.2) is 0 Å². The number of carbonyl (C=O) groups is 2. The topological polar surface area (TPSA) is 102 Å². The van der Waals surface area contributed by atoms with Crippen LogP contribution in [0.4, 0.5) is 4.79 Å². The van der Waals surface area contributed by atoms with Crippen molar-refractivity contribution in [1.29, 1.82) is 0 Å². The molecule has 0 saturated heterocycles. The van der Waals surface area contributed by atoms with E-state index in [9.17, 15) is 19.7 Å². The second-order valence-electron chi connectivity index (χ2n) is 6.34. The van der Waals surface area contributed by atoms with Crippen LogP contribution in [0.15, 0.2) is 66.0 Å². The van der Waals surface area contributed by atoms with E-state index in [4.69, 9.17) is 4.74 Å². The Morgan fingerprint density at radius 3 is 2.39 bits per heavy atom. The summed E-state index contributed by atoms with van der Waals surface area (Å²) in [6.45, 7) is 3.08. The normalized spacial score (nSPS) is 16.6. The first-order valence-corrected chi connectivity index (χ1v) is 8.62. The third-order valence-electron chi connectivity index (χ3n) is 4.42. The van der Waals surface area contributed by atoms with Crippen molar-refractivity contribution < 1.29 is 19.2 Å². The first-order chi connectivity index (χ1) is 13.4. The Balaban J connectivity index is 1.93. The van der Waals surface area contributed by atoms with Crippen LogP contribution >= 0.6 is 0 Å². The third kappa shape index (κ3) is 4.01. The van der Waals surface area contributed by atoms with E-state index >= 15 is 0 Å². The van der Waals surface area contributed by atoms with E-state index < -0.39 is 23.0 Å². The van der Waals surface area contributed by atoms with Gasteiger partial charge in [-0.1, -0.05) is 42.5 Å². The summed E-state index contributed by atoms with van der Waals surface area (Å²) in [6, 6.07) is 14.2. The SMILES string of the molecule is CC(=O)Oc1ccc(C2NC(=O)N(Cc3ccccc3)C(C)=C2[N+](=O)[O-])cc1. The van der Waals surface area contributed by atoms with Gasteiger partial charge in [0.1, 0.15) is 11.8 Å². The van der Waals surface area contributed by atoms with E-state index in [1.807, 2.05) is 30.3 Å². The van der Waals surface area contributed by atoms with E-state index in [1.54, 1.807) is 19.1 Å². The molecule has 28 heavy (non-hydrogen) atoms. The number of rotatable bonds is 5. The molecule has 1 aliphatic heterocycles. The fourth-order valence-corrected chi connectivity index (χ4v) is 3.10. The van der Waals surface area contributed by atoms with Gasteiger partial charge in [0.05, 0.1) is 17.2 Å². The highest BCUT2D eigenvalue weighted by molar-refractivity contribution is 5.79. The van der Waals surface area contributed by atoms with Gasteiger partial charge >= 0.3 is 12.0 Å². The lowest BCUT2D eigenvalue weighted by Gasteiger charge is -2.32. The fourth-order valence-electron chi connectivity index (χ4n) is 3.10. The lowest BCUT2D eigenvalue weighted by molar-refractivity contribution is -0.433. The number of urea groups is 1. The zero-order chi connectivity index (χ0) is 20.3. The van der Waals surface area contributed by atoms with Crippen LogP contribution in [-0.2, 0) is 11.3 Å². The average Bonchev–Trinajstić information content (AvgIpc) is 2.65. The Morgan fingerprint density at radius 1 is 1.18 bits per heavy atom. The van der Waals surface area contributed by atoms with Crippen molar-refractivity contribution in [3.8, 4) is 5.75 Å². The van der Waals surface area contributed by atoms with Gasteiger partial charge in [-0.25, -0.2) is 4.79 Å². The van der Waals surface area contributed by atoms with Crippen LogP contribution in [0.2, 0.25) is 0 Å². The molecule has 0 bridgehead atoms. The van der Waals surface area contributed by atoms with E-state index in [-0.39, 0.29) is 17.9 Å². The molecule has 0 spiro atoms. The summed E-state index contributed by atoms with van der Waals surface area (Å²) in [4.78, 5) is 36.3. The average molecular weight is 381 g/mol. The van der Waals surface area contributed by atoms with E-state index in [1.165, 1.54) is 24.0 Å². The Kier molecular flexibility index (Phi) is 5.39. The molecule has 2 amide bonds. The number of allylic oxidation sites excluding steroid dienone is 1. The van der Waals surface area contributed by atoms with Crippen LogP contribution in [0.1, 0.15) is 31.0 Å². The number of hydrogen-bond acceptors (Lipinski definition) is 5. The second-order valence-corrected chi connectivity index (χ2v) is 6.34. The van der Waals surface area contributed by atoms with Crippen LogP contribution in [-0.4, -0.2) is 21.8 Å². The summed E-state index contributed by atoms with van der Waals surface area (Å²) in [5.41, 5.74) is 1.57. The minimum absolute atomic E-state index is 0.101. The standard InChI is InChI=1S/C20H19N3O5/c1-13-19(23(26)27)18(16-8-10-17(11-9-16)28-14(2)24)21-20(25)22(13)12-15-6-4-3-5-7-15/h3-11,18H,12H2,1-2H3,(H,21,25). The van der Waals surface area contributed by atoms with Crippen molar-refractivity contribution in [1.82, 2.24) is 10.2 Å². The van der Waals surface area contributed by atoms with E-state index in [0.29, 0.717) is 11.3 Å². The van der Waals surface area contributed by atoms with Gasteiger partial charge in [-0.05, 0) is 30.2 Å². The van der Waals surface area contributed by atoms with Crippen LogP contribution in [0.5, 0.6) is 5.75 Å². The highest BCUT2D eigenvalue weighted by atomic mass is 16.6. The first-order valence-electron chi connectivity index (χ1n) is 8.62. The van der Waals surface area contributed by atoms with Crippen LogP contribution in [0.25, 0.3) is 0 Å². The number of carbonyl (C=O) groups excluding carboxylic acids is 2. The molecule has 0 aliphatic carbocycles. The third-order valence-corrected chi connectivity index (χ3v) is 4.42. The van der Waals surface area contributed by atoms with Gasteiger partial charge < -0.3 is 10.1 Å². The maximum absolute atomic E-state index is 12.7. The molecule has 1 N–H and O–H groups in total. The summed E-state index contributed by atoms with van der Waals surface area (Å²) in [5.74, 6) is -0.135. The summed E-state index contributed by atoms with van der Waals surface area (Å²) < 4.78 is 4.98. The molecule has 0 saturated carbocycles. The molecule has 3 rings (SSSR count). The van der Waals surface area contributed by atoms with Crippen molar-refractivity contribution in [2.24, 2.45) is 0 Å². The molecule has 1 heterocycles. The predicted octanol–water partition coefficient (Wildman–Crippen LogP) is 3.39. The van der Waals surface area contributed by atoms with Gasteiger partial charge in [-0.15, -0.1) is 0 Å². The molecule has 8 nitrogen and oxygen atoms in total. The highest BCUT2D eigenvalue weighted by Gasteiger charge is 2.39. The smallest absolute Gasteiger partial charge is 0.323 e. The molecule has 1 unspecified atom stereocenters. The number of nitrogens with one attached hydrogen (secondary N) is 1. The molecule has 2 aromatic carbocycles. The van der Waals surface area contributed by atoms with Gasteiger partial charge in [0.25, 0.3) is 5.70 Å². The highest BCUT2D eigenvalue weighted by Crippen LogP contribution is 2.32. The molecular weight excluding hydrogens is 362 g/mol. The summed E-state index contributed by atoms with van der Waals surface area (Å²) in [6.07, 6.45) is 0. The number of esters is 1. The lowest BCUT2D eigenvalue weighted by Crippen LogP contribution is -2.47. The maximum atomic E-state index is 12.7. The van der Waals surface area contributed by atoms with Crippen molar-refractivity contribution in [3.05, 3.63) is 87.2 Å². The molecule has 1 atom stereocenters. The Morgan fingerprint density at radius 2 is 1.82 bits per heavy atom. The molecule has 0 radical (unpaired) electrons. The molecule has 144 valence electrons. The molecule has 2 aromatic rings. The number of benzene rings is 2. The van der Waals surface area contributed by atoms with Gasteiger partial charge in [0.2, 0.25) is 0 Å². The Hall–Kier alpha value is -3.68. The Labute approximate surface area is 161 Å². The zero-order valence-corrected chi connectivity index (χ0v) is 15.4. The van der Waals surface area contributed by atoms with E-state index in [2.05, 4.69) is 5.32 Å². The quantitative estimate of drug-likeness (QED) is 0.370. The summed E-state index contributed by atoms with van der Waals surface area (Å²) in [7, 11) is 0. The predicted molar refractivity (Wildman–Crippen MR) is 101 cm³/mol. The van der Waals surface area contributed by atoms with Crippen molar-refractivity contribution in [3.63, 3.8) is 0 Å². The Bertz CT molecular complexity index is 938. The van der Waals surface area contributed by atoms with Gasteiger partial charge in [-0.3, -0.25) is 19.8 Å². The lowest BCUT2D eigenvalue weighted by atomic mass is 10.00. The summed E-state index contributed by atoms with van der Waals surface area (Å²) in [5, 5.41) is 14.5. The minimum Gasteiger partial charge on any atom is -0.427 e. The minimum atomic E-state index is -0.902. The van der Waals surface area contributed by atoms with Crippen molar-refractivity contribution in [2.45, 2.75) is 26.4 Å². The number of hydrogen-bond donors (Lipinski definition) is 1. The molecule has 8 heteroatoms. The van der Waals surface area contributed by atoms with Crippen LogP contribution < -0.4 is 10.1 Å². The molecular formula is C20H19N3O5. The first kappa shape index (κ1) is 19.1. The number of nitro groups is 1. The number of amides is 2. The molecule has 0 fully saturated rings. The molecule has 1 aliphatic rings. The fraction of sp³-hybridized carbons (Fsp3) is 0.200. The number of nitrogens with zero attached hydrogens (tertiary/aromatic N) is 2. The maximum Gasteiger partial charge on any atom is 0.323 e. The summed E-state index contributed by atoms with van der Waals surface area (Å²) >= 11 is 0. The van der Waals surface area contributed by atoms with Crippen LogP contribution in [0, 0.1) is 10.1 Å². The monoisotopic (exact) mass is 381 g/mol. The second kappa shape index (κ2) is 7.91. The van der Waals surface area contributed by atoms with Gasteiger partial charge in [0, 0.05) is 6.92 Å². The largest absolute Gasteiger partial charge is 0.427 e.